The second kappa shape index (κ2) is 9.84. The van der Waals surface area contributed by atoms with Crippen molar-refractivity contribution in [3.63, 3.8) is 0 Å². The average molecular weight is 426 g/mol. The lowest BCUT2D eigenvalue weighted by molar-refractivity contribution is -0.151. The first kappa shape index (κ1) is 22.8. The molecular formula is C19H27N3O6S. The number of amides is 2. The van der Waals surface area contributed by atoms with E-state index < -0.39 is 27.9 Å². The summed E-state index contributed by atoms with van der Waals surface area (Å²) in [5.41, 5.74) is 0.471. The lowest BCUT2D eigenvalue weighted by Crippen LogP contribution is -2.51. The fourth-order valence-electron chi connectivity index (χ4n) is 3.18. The van der Waals surface area contributed by atoms with Gasteiger partial charge in [-0.25, -0.2) is 8.42 Å². The maximum Gasteiger partial charge on any atom is 0.310 e. The molecule has 1 heterocycles. The van der Waals surface area contributed by atoms with Gasteiger partial charge in [-0.3, -0.25) is 14.4 Å². The van der Waals surface area contributed by atoms with Crippen LogP contribution in [0.15, 0.2) is 29.2 Å². The summed E-state index contributed by atoms with van der Waals surface area (Å²) in [6.07, 6.45) is 1.29. The Bertz CT molecular complexity index is 853. The van der Waals surface area contributed by atoms with Crippen LogP contribution < -0.4 is 10.0 Å². The second-order valence-electron chi connectivity index (χ2n) is 6.92. The van der Waals surface area contributed by atoms with Gasteiger partial charge in [0.2, 0.25) is 21.8 Å². The molecule has 0 bridgehead atoms. The van der Waals surface area contributed by atoms with Crippen molar-refractivity contribution in [3.8, 4) is 0 Å². The predicted octanol–water partition coefficient (Wildman–Crippen LogP) is 1.11. The van der Waals surface area contributed by atoms with Gasteiger partial charge >= 0.3 is 5.97 Å². The molecule has 29 heavy (non-hydrogen) atoms. The number of benzene rings is 1. The average Bonchev–Trinajstić information content (AvgIpc) is 2.67. The standard InChI is InChI=1S/C19H27N3O6S/c1-4-28-19(25)15-6-5-11-22(12-15)18(24)13(2)21-29(26,27)17-9-7-16(8-10-17)20-14(3)23/h7-10,13,15,21H,4-6,11-12H2,1-3H3,(H,20,23)/t13-,15?/m0/s1. The van der Waals surface area contributed by atoms with Gasteiger partial charge in [0.25, 0.3) is 0 Å². The third-order valence-corrected chi connectivity index (χ3v) is 6.10. The van der Waals surface area contributed by atoms with Crippen molar-refractivity contribution in [2.75, 3.05) is 25.0 Å². The SMILES string of the molecule is CCOC(=O)C1CCCN(C(=O)[C@H](C)NS(=O)(=O)c2ccc(NC(C)=O)cc2)C1. The first-order valence-corrected chi connectivity index (χ1v) is 11.0. The lowest BCUT2D eigenvalue weighted by Gasteiger charge is -2.33. The summed E-state index contributed by atoms with van der Waals surface area (Å²) in [7, 11) is -3.93. The fourth-order valence-corrected chi connectivity index (χ4v) is 4.37. The molecule has 1 aliphatic rings. The molecule has 0 saturated carbocycles. The third kappa shape index (κ3) is 6.26. The summed E-state index contributed by atoms with van der Waals surface area (Å²) in [4.78, 5) is 37.2. The number of nitrogens with zero attached hydrogens (tertiary/aromatic N) is 1. The zero-order valence-corrected chi connectivity index (χ0v) is 17.6. The molecule has 1 aliphatic heterocycles. The van der Waals surface area contributed by atoms with E-state index in [1.807, 2.05) is 0 Å². The van der Waals surface area contributed by atoms with Crippen LogP contribution in [0.5, 0.6) is 0 Å². The molecule has 2 rings (SSSR count). The molecule has 2 N–H and O–H groups in total. The monoisotopic (exact) mass is 425 g/mol. The van der Waals surface area contributed by atoms with E-state index in [1.165, 1.54) is 43.0 Å². The minimum absolute atomic E-state index is 0.0192. The number of carbonyl (C=O) groups is 3. The fraction of sp³-hybridized carbons (Fsp3) is 0.526. The van der Waals surface area contributed by atoms with Crippen molar-refractivity contribution in [2.45, 2.75) is 44.6 Å². The van der Waals surface area contributed by atoms with Crippen molar-refractivity contribution in [3.05, 3.63) is 24.3 Å². The maximum atomic E-state index is 12.7. The molecule has 1 fully saturated rings. The molecule has 9 nitrogen and oxygen atoms in total. The molecular weight excluding hydrogens is 398 g/mol. The van der Waals surface area contributed by atoms with E-state index in [4.69, 9.17) is 4.74 Å². The molecule has 1 aromatic rings. The van der Waals surface area contributed by atoms with Crippen LogP contribution >= 0.6 is 0 Å². The summed E-state index contributed by atoms with van der Waals surface area (Å²) in [6, 6.07) is 4.65. The summed E-state index contributed by atoms with van der Waals surface area (Å²) in [5, 5.41) is 2.55. The van der Waals surface area contributed by atoms with Gasteiger partial charge in [-0.15, -0.1) is 0 Å². The largest absolute Gasteiger partial charge is 0.466 e. The lowest BCUT2D eigenvalue weighted by atomic mass is 9.98. The van der Waals surface area contributed by atoms with Gasteiger partial charge in [-0.2, -0.15) is 4.72 Å². The zero-order valence-electron chi connectivity index (χ0n) is 16.8. The number of anilines is 1. The van der Waals surface area contributed by atoms with Gasteiger partial charge < -0.3 is 15.0 Å². The summed E-state index contributed by atoms with van der Waals surface area (Å²) < 4.78 is 32.6. The van der Waals surface area contributed by atoms with Crippen LogP contribution in [0, 0.1) is 5.92 Å². The molecule has 1 saturated heterocycles. The molecule has 160 valence electrons. The molecule has 0 spiro atoms. The normalized spacial score (nSPS) is 18.0. The van der Waals surface area contributed by atoms with Gasteiger partial charge in [0.15, 0.2) is 0 Å². The topological polar surface area (TPSA) is 122 Å². The van der Waals surface area contributed by atoms with E-state index in [0.29, 0.717) is 25.1 Å². The number of carbonyl (C=O) groups excluding carboxylic acids is 3. The van der Waals surface area contributed by atoms with Gasteiger partial charge in [0.05, 0.1) is 23.5 Å². The van der Waals surface area contributed by atoms with Crippen molar-refractivity contribution in [1.29, 1.82) is 0 Å². The summed E-state index contributed by atoms with van der Waals surface area (Å²) in [5.74, 6) is -1.38. The van der Waals surface area contributed by atoms with E-state index >= 15 is 0 Å². The number of piperidine rings is 1. The first-order valence-electron chi connectivity index (χ1n) is 9.49. The number of sulfonamides is 1. The highest BCUT2D eigenvalue weighted by atomic mass is 32.2. The maximum absolute atomic E-state index is 12.7. The Balaban J connectivity index is 2.02. The number of nitrogens with one attached hydrogen (secondary N) is 2. The van der Waals surface area contributed by atoms with Crippen LogP contribution in [0.25, 0.3) is 0 Å². The van der Waals surface area contributed by atoms with E-state index in [0.717, 1.165) is 0 Å². The predicted molar refractivity (Wildman–Crippen MR) is 106 cm³/mol. The highest BCUT2D eigenvalue weighted by molar-refractivity contribution is 7.89. The minimum atomic E-state index is -3.93. The molecule has 2 amide bonds. The molecule has 0 aromatic heterocycles. The number of esters is 1. The Hall–Kier alpha value is -2.46. The second-order valence-corrected chi connectivity index (χ2v) is 8.64. The van der Waals surface area contributed by atoms with Crippen LogP contribution in [0.1, 0.15) is 33.6 Å². The van der Waals surface area contributed by atoms with Crippen LogP contribution in [0.2, 0.25) is 0 Å². The van der Waals surface area contributed by atoms with Crippen molar-refractivity contribution in [1.82, 2.24) is 9.62 Å². The molecule has 2 atom stereocenters. The Labute approximate surface area is 170 Å². The van der Waals surface area contributed by atoms with E-state index in [1.54, 1.807) is 6.92 Å². The van der Waals surface area contributed by atoms with Crippen molar-refractivity contribution < 1.29 is 27.5 Å². The Morgan fingerprint density at radius 1 is 1.24 bits per heavy atom. The first-order chi connectivity index (χ1) is 13.6. The minimum Gasteiger partial charge on any atom is -0.466 e. The van der Waals surface area contributed by atoms with Gasteiger partial charge in [0, 0.05) is 25.7 Å². The van der Waals surface area contributed by atoms with Crippen LogP contribution in [0.3, 0.4) is 0 Å². The summed E-state index contributed by atoms with van der Waals surface area (Å²) >= 11 is 0. The number of likely N-dealkylation sites (tertiary alicyclic amines) is 1. The number of ether oxygens (including phenoxy) is 1. The van der Waals surface area contributed by atoms with Crippen LogP contribution in [0.4, 0.5) is 5.69 Å². The van der Waals surface area contributed by atoms with Crippen LogP contribution in [-0.2, 0) is 29.1 Å². The third-order valence-electron chi connectivity index (χ3n) is 4.54. The quantitative estimate of drug-likeness (QED) is 0.631. The Morgan fingerprint density at radius 3 is 2.48 bits per heavy atom. The number of hydrogen-bond acceptors (Lipinski definition) is 6. The summed E-state index contributed by atoms with van der Waals surface area (Å²) in [6.45, 7) is 5.51. The van der Waals surface area contributed by atoms with E-state index in [-0.39, 0.29) is 29.9 Å². The zero-order chi connectivity index (χ0) is 21.6. The molecule has 0 aliphatic carbocycles. The number of rotatable bonds is 7. The molecule has 1 aromatic carbocycles. The Kier molecular flexibility index (Phi) is 7.74. The smallest absolute Gasteiger partial charge is 0.310 e. The molecule has 0 radical (unpaired) electrons. The van der Waals surface area contributed by atoms with E-state index in [2.05, 4.69) is 10.0 Å². The number of hydrogen-bond donors (Lipinski definition) is 2. The van der Waals surface area contributed by atoms with Gasteiger partial charge in [-0.1, -0.05) is 0 Å². The van der Waals surface area contributed by atoms with Gasteiger partial charge in [0.1, 0.15) is 0 Å². The van der Waals surface area contributed by atoms with Crippen molar-refractivity contribution >= 4 is 33.5 Å². The van der Waals surface area contributed by atoms with Crippen LogP contribution in [-0.4, -0.2) is 56.8 Å². The Morgan fingerprint density at radius 2 is 1.90 bits per heavy atom. The van der Waals surface area contributed by atoms with Crippen molar-refractivity contribution in [2.24, 2.45) is 5.92 Å². The highest BCUT2D eigenvalue weighted by Crippen LogP contribution is 2.19. The van der Waals surface area contributed by atoms with Gasteiger partial charge in [-0.05, 0) is 51.0 Å². The molecule has 1 unspecified atom stereocenters. The molecule has 10 heteroatoms. The van der Waals surface area contributed by atoms with E-state index in [9.17, 15) is 22.8 Å². The highest BCUT2D eigenvalue weighted by Gasteiger charge is 2.32.